The molecular weight excluding hydrogens is 422 g/mol. The maximum atomic E-state index is 13.3. The molecule has 0 radical (unpaired) electrons. The Morgan fingerprint density at radius 2 is 1.81 bits per heavy atom. The van der Waals surface area contributed by atoms with E-state index in [-0.39, 0.29) is 30.9 Å². The van der Waals surface area contributed by atoms with Crippen LogP contribution in [0.3, 0.4) is 0 Å². The average molecular weight is 464 g/mol. The SMILES string of the molecule is CC[C@H](C)[C@@H](O)C[C@H](CC(=O)N1C(=O)OC[C@H]1Cc1ccccc1)O[Si](CC)(CC)CC. The summed E-state index contributed by atoms with van der Waals surface area (Å²) in [6.07, 6.45) is 0.394. The van der Waals surface area contributed by atoms with Crippen LogP contribution in [0.4, 0.5) is 4.79 Å². The first kappa shape index (κ1) is 26.5. The van der Waals surface area contributed by atoms with Gasteiger partial charge in [-0.1, -0.05) is 71.4 Å². The topological polar surface area (TPSA) is 76.1 Å². The highest BCUT2D eigenvalue weighted by Gasteiger charge is 2.40. The Hall–Kier alpha value is -1.70. The van der Waals surface area contributed by atoms with Crippen molar-refractivity contribution >= 4 is 20.3 Å². The van der Waals surface area contributed by atoms with Crippen LogP contribution in [0.15, 0.2) is 30.3 Å². The molecule has 0 bridgehead atoms. The standard InChI is InChI=1S/C25H41NO5Si/c1-6-19(5)23(27)16-22(31-32(7-2,8-3)9-4)17-24(28)26-21(18-30-25(26)29)15-20-13-11-10-12-14-20/h10-14,19,21-23,27H,6-9,15-18H2,1-5H3/t19-,21+,22+,23-/m0/s1. The summed E-state index contributed by atoms with van der Waals surface area (Å²) in [5.74, 6) is -0.152. The van der Waals surface area contributed by atoms with Crippen LogP contribution in [-0.4, -0.2) is 55.2 Å². The summed E-state index contributed by atoms with van der Waals surface area (Å²) in [5, 5.41) is 10.7. The highest BCUT2D eigenvalue weighted by molar-refractivity contribution is 6.73. The molecule has 2 amide bonds. The van der Waals surface area contributed by atoms with Gasteiger partial charge in [-0.15, -0.1) is 0 Å². The largest absolute Gasteiger partial charge is 0.447 e. The van der Waals surface area contributed by atoms with Gasteiger partial charge in [0.05, 0.1) is 24.7 Å². The Bertz CT molecular complexity index is 716. The van der Waals surface area contributed by atoms with E-state index in [1.807, 2.05) is 44.2 Å². The van der Waals surface area contributed by atoms with E-state index >= 15 is 0 Å². The average Bonchev–Trinajstić information content (AvgIpc) is 3.17. The summed E-state index contributed by atoms with van der Waals surface area (Å²) in [6.45, 7) is 10.7. The molecular formula is C25H41NO5Si. The number of carbonyl (C=O) groups is 2. The second kappa shape index (κ2) is 12.5. The lowest BCUT2D eigenvalue weighted by atomic mass is 9.95. The van der Waals surface area contributed by atoms with Gasteiger partial charge in [-0.3, -0.25) is 4.79 Å². The minimum Gasteiger partial charge on any atom is -0.447 e. The number of cyclic esters (lactones) is 1. The fourth-order valence-corrected chi connectivity index (χ4v) is 7.28. The van der Waals surface area contributed by atoms with Crippen molar-refractivity contribution in [3.8, 4) is 0 Å². The molecule has 1 heterocycles. The first-order valence-corrected chi connectivity index (χ1v) is 14.7. The van der Waals surface area contributed by atoms with E-state index in [4.69, 9.17) is 9.16 Å². The highest BCUT2D eigenvalue weighted by atomic mass is 28.4. The monoisotopic (exact) mass is 463 g/mol. The summed E-state index contributed by atoms with van der Waals surface area (Å²) >= 11 is 0. The molecule has 0 aromatic heterocycles. The van der Waals surface area contributed by atoms with E-state index in [9.17, 15) is 14.7 Å². The van der Waals surface area contributed by atoms with E-state index in [1.54, 1.807) is 0 Å². The maximum absolute atomic E-state index is 13.3. The number of hydrogen-bond donors (Lipinski definition) is 1. The van der Waals surface area contributed by atoms with Gasteiger partial charge in [0.15, 0.2) is 8.32 Å². The second-order valence-electron chi connectivity index (χ2n) is 9.06. The number of hydrogen-bond acceptors (Lipinski definition) is 5. The van der Waals surface area contributed by atoms with Gasteiger partial charge in [0.1, 0.15) is 6.61 Å². The van der Waals surface area contributed by atoms with Crippen LogP contribution in [0, 0.1) is 5.92 Å². The Morgan fingerprint density at radius 1 is 1.19 bits per heavy atom. The van der Waals surface area contributed by atoms with E-state index in [1.165, 1.54) is 4.90 Å². The van der Waals surface area contributed by atoms with Crippen molar-refractivity contribution in [2.24, 2.45) is 5.92 Å². The van der Waals surface area contributed by atoms with Crippen molar-refractivity contribution in [3.05, 3.63) is 35.9 Å². The molecule has 1 aliphatic rings. The highest BCUT2D eigenvalue weighted by Crippen LogP contribution is 2.28. The molecule has 6 nitrogen and oxygen atoms in total. The molecule has 0 saturated carbocycles. The van der Waals surface area contributed by atoms with Gasteiger partial charge in [0.25, 0.3) is 0 Å². The number of aliphatic hydroxyl groups is 1. The molecule has 1 aromatic carbocycles. The van der Waals surface area contributed by atoms with Gasteiger partial charge in [-0.2, -0.15) is 0 Å². The summed E-state index contributed by atoms with van der Waals surface area (Å²) in [7, 11) is -1.99. The smallest absolute Gasteiger partial charge is 0.416 e. The van der Waals surface area contributed by atoms with Crippen LogP contribution < -0.4 is 0 Å². The number of benzene rings is 1. The lowest BCUT2D eigenvalue weighted by molar-refractivity contribution is -0.131. The second-order valence-corrected chi connectivity index (χ2v) is 13.8. The Morgan fingerprint density at radius 3 is 2.38 bits per heavy atom. The van der Waals surface area contributed by atoms with Gasteiger partial charge >= 0.3 is 6.09 Å². The number of carbonyl (C=O) groups excluding carboxylic acids is 2. The maximum Gasteiger partial charge on any atom is 0.416 e. The van der Waals surface area contributed by atoms with E-state index in [0.717, 1.165) is 30.1 Å². The van der Waals surface area contributed by atoms with Gasteiger partial charge < -0.3 is 14.3 Å². The Kier molecular flexibility index (Phi) is 10.4. The zero-order chi connectivity index (χ0) is 23.7. The molecule has 2 rings (SSSR count). The summed E-state index contributed by atoms with van der Waals surface area (Å²) in [4.78, 5) is 27.0. The number of ether oxygens (including phenoxy) is 1. The van der Waals surface area contributed by atoms with E-state index < -0.39 is 26.6 Å². The lowest BCUT2D eigenvalue weighted by Crippen LogP contribution is -2.46. The zero-order valence-corrected chi connectivity index (χ0v) is 21.4. The molecule has 7 heteroatoms. The molecule has 4 atom stereocenters. The molecule has 0 unspecified atom stereocenters. The quantitative estimate of drug-likeness (QED) is 0.409. The third kappa shape index (κ3) is 6.90. The van der Waals surface area contributed by atoms with Crippen LogP contribution in [-0.2, 0) is 20.4 Å². The number of amides is 2. The Balaban J connectivity index is 2.17. The molecule has 1 aliphatic heterocycles. The van der Waals surface area contributed by atoms with Crippen molar-refractivity contribution < 1.29 is 23.9 Å². The van der Waals surface area contributed by atoms with Crippen LogP contribution >= 0.6 is 0 Å². The van der Waals surface area contributed by atoms with Crippen molar-refractivity contribution in [2.45, 2.75) is 96.7 Å². The predicted octanol–water partition coefficient (Wildman–Crippen LogP) is 5.15. The van der Waals surface area contributed by atoms with Gasteiger partial charge in [0.2, 0.25) is 5.91 Å². The molecule has 1 aromatic rings. The summed E-state index contributed by atoms with van der Waals surface area (Å²) < 4.78 is 11.9. The minimum atomic E-state index is -1.99. The third-order valence-corrected chi connectivity index (χ3v) is 11.8. The van der Waals surface area contributed by atoms with Crippen molar-refractivity contribution in [2.75, 3.05) is 6.61 Å². The van der Waals surface area contributed by atoms with Gasteiger partial charge in [-0.25, -0.2) is 9.69 Å². The molecule has 0 spiro atoms. The lowest BCUT2D eigenvalue weighted by Gasteiger charge is -2.35. The van der Waals surface area contributed by atoms with Crippen molar-refractivity contribution in [1.82, 2.24) is 4.90 Å². The fourth-order valence-electron chi connectivity index (χ4n) is 4.40. The molecule has 1 saturated heterocycles. The number of nitrogens with zero attached hydrogens (tertiary/aromatic N) is 1. The van der Waals surface area contributed by atoms with E-state index in [0.29, 0.717) is 12.8 Å². The van der Waals surface area contributed by atoms with Gasteiger partial charge in [-0.05, 0) is 42.5 Å². The van der Waals surface area contributed by atoms with Crippen LogP contribution in [0.1, 0.15) is 59.4 Å². The normalized spacial score (nSPS) is 19.5. The van der Waals surface area contributed by atoms with E-state index in [2.05, 4.69) is 20.8 Å². The Labute approximate surface area is 194 Å². The van der Waals surface area contributed by atoms with Gasteiger partial charge in [0, 0.05) is 0 Å². The number of imide groups is 1. The summed E-state index contributed by atoms with van der Waals surface area (Å²) in [5.41, 5.74) is 1.06. The first-order valence-electron chi connectivity index (χ1n) is 12.2. The molecule has 180 valence electrons. The number of rotatable bonds is 13. The van der Waals surface area contributed by atoms with Crippen molar-refractivity contribution in [3.63, 3.8) is 0 Å². The molecule has 32 heavy (non-hydrogen) atoms. The number of aliphatic hydroxyl groups excluding tert-OH is 1. The van der Waals surface area contributed by atoms with Crippen LogP contribution in [0.5, 0.6) is 0 Å². The minimum absolute atomic E-state index is 0.0859. The third-order valence-electron chi connectivity index (χ3n) is 7.10. The molecule has 0 aliphatic carbocycles. The molecule has 1 fully saturated rings. The summed E-state index contributed by atoms with van der Waals surface area (Å²) in [6, 6.07) is 12.4. The van der Waals surface area contributed by atoms with Crippen molar-refractivity contribution in [1.29, 1.82) is 0 Å². The van der Waals surface area contributed by atoms with Crippen LogP contribution in [0.25, 0.3) is 0 Å². The fraction of sp³-hybridized carbons (Fsp3) is 0.680. The predicted molar refractivity (Wildman–Crippen MR) is 129 cm³/mol. The molecule has 1 N–H and O–H groups in total. The zero-order valence-electron chi connectivity index (χ0n) is 20.4. The first-order chi connectivity index (χ1) is 15.3. The van der Waals surface area contributed by atoms with Crippen LogP contribution in [0.2, 0.25) is 18.1 Å².